The van der Waals surface area contributed by atoms with E-state index in [1.54, 1.807) is 0 Å². The minimum atomic E-state index is -0.156. The Kier molecular flexibility index (Phi) is 7.49. The molecule has 0 radical (unpaired) electrons. The topological polar surface area (TPSA) is 43.7 Å². The van der Waals surface area contributed by atoms with Gasteiger partial charge in [-0.15, -0.1) is 0 Å². The summed E-state index contributed by atoms with van der Waals surface area (Å²) < 4.78 is 0. The van der Waals surface area contributed by atoms with E-state index in [-0.39, 0.29) is 12.7 Å². The maximum Gasteiger partial charge on any atom is 0.0580 e. The molecule has 1 fully saturated rings. The van der Waals surface area contributed by atoms with Crippen molar-refractivity contribution in [3.8, 4) is 0 Å². The Hall–Kier alpha value is -0.120. The lowest BCUT2D eigenvalue weighted by atomic mass is 9.68. The molecule has 0 bridgehead atoms. The van der Waals surface area contributed by atoms with E-state index in [1.807, 2.05) is 0 Å². The Labute approximate surface area is 125 Å². The quantitative estimate of drug-likeness (QED) is 0.756. The van der Waals surface area contributed by atoms with Crippen molar-refractivity contribution in [1.82, 2.24) is 4.90 Å². The Morgan fingerprint density at radius 2 is 1.85 bits per heavy atom. The third kappa shape index (κ3) is 5.71. The minimum absolute atomic E-state index is 0.156. The number of hydrogen-bond donors (Lipinski definition) is 2. The molecule has 1 aliphatic rings. The molecule has 0 spiro atoms. The number of aliphatic hydroxyl groups is 2. The molecule has 2 N–H and O–H groups in total. The standard InChI is InChI=1S/C17H35NO2/c1-5-6-9-18(10-11-19)13-14-12-15(17(2,3)4)7-8-16(14)20/h14-16,19-20H,5-13H2,1-4H3. The molecule has 3 atom stereocenters. The summed E-state index contributed by atoms with van der Waals surface area (Å²) in [6.07, 6.45) is 5.41. The van der Waals surface area contributed by atoms with Crippen LogP contribution in [0, 0.1) is 17.3 Å². The molecule has 1 rings (SSSR count). The van der Waals surface area contributed by atoms with Crippen molar-refractivity contribution in [2.24, 2.45) is 17.3 Å². The van der Waals surface area contributed by atoms with Crippen LogP contribution in [-0.2, 0) is 0 Å². The van der Waals surface area contributed by atoms with Crippen molar-refractivity contribution >= 4 is 0 Å². The first-order chi connectivity index (χ1) is 9.38. The SMILES string of the molecule is CCCCN(CCO)CC1CC(C(C)(C)C)CCC1O. The van der Waals surface area contributed by atoms with E-state index in [4.69, 9.17) is 0 Å². The zero-order chi connectivity index (χ0) is 15.2. The Morgan fingerprint density at radius 1 is 1.15 bits per heavy atom. The summed E-state index contributed by atoms with van der Waals surface area (Å²) >= 11 is 0. The molecule has 3 unspecified atom stereocenters. The molecule has 0 heterocycles. The van der Waals surface area contributed by atoms with Gasteiger partial charge in [0.1, 0.15) is 0 Å². The first-order valence-corrected chi connectivity index (χ1v) is 8.39. The van der Waals surface area contributed by atoms with Crippen molar-refractivity contribution in [3.63, 3.8) is 0 Å². The van der Waals surface area contributed by atoms with Gasteiger partial charge in [-0.25, -0.2) is 0 Å². The molecule has 0 saturated heterocycles. The van der Waals surface area contributed by atoms with Gasteiger partial charge >= 0.3 is 0 Å². The van der Waals surface area contributed by atoms with E-state index < -0.39 is 0 Å². The molecule has 1 saturated carbocycles. The highest BCUT2D eigenvalue weighted by Gasteiger charge is 2.35. The lowest BCUT2D eigenvalue weighted by Gasteiger charge is -2.41. The van der Waals surface area contributed by atoms with E-state index in [9.17, 15) is 10.2 Å². The van der Waals surface area contributed by atoms with Gasteiger partial charge in [-0.1, -0.05) is 34.1 Å². The van der Waals surface area contributed by atoms with Crippen LogP contribution >= 0.6 is 0 Å². The number of nitrogens with zero attached hydrogens (tertiary/aromatic N) is 1. The van der Waals surface area contributed by atoms with Gasteiger partial charge < -0.3 is 15.1 Å². The van der Waals surface area contributed by atoms with Crippen molar-refractivity contribution in [1.29, 1.82) is 0 Å². The second kappa shape index (κ2) is 8.35. The highest BCUT2D eigenvalue weighted by Crippen LogP contribution is 2.40. The van der Waals surface area contributed by atoms with Crippen molar-refractivity contribution in [2.75, 3.05) is 26.2 Å². The van der Waals surface area contributed by atoms with Crippen LogP contribution in [0.25, 0.3) is 0 Å². The van der Waals surface area contributed by atoms with Crippen LogP contribution in [0.3, 0.4) is 0 Å². The van der Waals surface area contributed by atoms with E-state index >= 15 is 0 Å². The summed E-state index contributed by atoms with van der Waals surface area (Å²) in [4.78, 5) is 2.34. The zero-order valence-electron chi connectivity index (χ0n) is 13.9. The van der Waals surface area contributed by atoms with Crippen LogP contribution in [-0.4, -0.2) is 47.5 Å². The van der Waals surface area contributed by atoms with Gasteiger partial charge in [0.2, 0.25) is 0 Å². The Bertz CT molecular complexity index is 262. The highest BCUT2D eigenvalue weighted by molar-refractivity contribution is 4.87. The molecule has 120 valence electrons. The largest absolute Gasteiger partial charge is 0.395 e. The first-order valence-electron chi connectivity index (χ1n) is 8.39. The molecule has 3 heteroatoms. The number of hydrogen-bond acceptors (Lipinski definition) is 3. The summed E-state index contributed by atoms with van der Waals surface area (Å²) in [5.74, 6) is 1.08. The van der Waals surface area contributed by atoms with Crippen LogP contribution in [0.1, 0.15) is 59.8 Å². The molecular formula is C17H35NO2. The van der Waals surface area contributed by atoms with Gasteiger partial charge in [0.25, 0.3) is 0 Å². The maximum absolute atomic E-state index is 10.3. The molecule has 0 amide bonds. The monoisotopic (exact) mass is 285 g/mol. The van der Waals surface area contributed by atoms with Crippen LogP contribution in [0.15, 0.2) is 0 Å². The average Bonchev–Trinajstić information content (AvgIpc) is 2.37. The fourth-order valence-electron chi connectivity index (χ4n) is 3.38. The second-order valence-electron chi connectivity index (χ2n) is 7.58. The van der Waals surface area contributed by atoms with Crippen molar-refractivity contribution in [2.45, 2.75) is 65.9 Å². The summed E-state index contributed by atoms with van der Waals surface area (Å²) in [5, 5.41) is 19.5. The molecule has 3 nitrogen and oxygen atoms in total. The molecule has 20 heavy (non-hydrogen) atoms. The molecule has 1 aliphatic carbocycles. The lowest BCUT2D eigenvalue weighted by molar-refractivity contribution is 0.00113. The molecule has 0 aliphatic heterocycles. The van der Waals surface area contributed by atoms with Gasteiger partial charge in [-0.05, 0) is 49.5 Å². The van der Waals surface area contributed by atoms with Crippen molar-refractivity contribution in [3.05, 3.63) is 0 Å². The van der Waals surface area contributed by atoms with Gasteiger partial charge in [0.05, 0.1) is 12.7 Å². The lowest BCUT2D eigenvalue weighted by Crippen LogP contribution is -2.42. The number of unbranched alkanes of at least 4 members (excludes halogenated alkanes) is 1. The van der Waals surface area contributed by atoms with Crippen LogP contribution in [0.5, 0.6) is 0 Å². The summed E-state index contributed by atoms with van der Waals surface area (Å²) in [6.45, 7) is 12.1. The van der Waals surface area contributed by atoms with E-state index in [2.05, 4.69) is 32.6 Å². The van der Waals surface area contributed by atoms with E-state index in [1.165, 1.54) is 12.8 Å². The predicted octanol–water partition coefficient (Wildman–Crippen LogP) is 2.90. The van der Waals surface area contributed by atoms with Gasteiger partial charge in [0.15, 0.2) is 0 Å². The minimum Gasteiger partial charge on any atom is -0.395 e. The highest BCUT2D eigenvalue weighted by atomic mass is 16.3. The molecule has 0 aromatic carbocycles. The fraction of sp³-hybridized carbons (Fsp3) is 1.00. The Morgan fingerprint density at radius 3 is 2.40 bits per heavy atom. The molecule has 0 aromatic rings. The fourth-order valence-corrected chi connectivity index (χ4v) is 3.38. The summed E-state index contributed by atoms with van der Waals surface area (Å²) in [5.41, 5.74) is 0.337. The zero-order valence-corrected chi connectivity index (χ0v) is 13.9. The maximum atomic E-state index is 10.3. The normalized spacial score (nSPS) is 28.1. The smallest absolute Gasteiger partial charge is 0.0580 e. The van der Waals surface area contributed by atoms with Crippen LogP contribution in [0.2, 0.25) is 0 Å². The van der Waals surface area contributed by atoms with E-state index in [0.717, 1.165) is 38.9 Å². The van der Waals surface area contributed by atoms with Crippen molar-refractivity contribution < 1.29 is 10.2 Å². The first kappa shape index (κ1) is 17.9. The van der Waals surface area contributed by atoms with Crippen LogP contribution in [0.4, 0.5) is 0 Å². The molecular weight excluding hydrogens is 250 g/mol. The third-order valence-electron chi connectivity index (χ3n) is 4.90. The Balaban J connectivity index is 2.56. The number of rotatable bonds is 7. The second-order valence-corrected chi connectivity index (χ2v) is 7.58. The third-order valence-corrected chi connectivity index (χ3v) is 4.90. The molecule has 0 aromatic heterocycles. The van der Waals surface area contributed by atoms with E-state index in [0.29, 0.717) is 17.3 Å². The number of aliphatic hydroxyl groups excluding tert-OH is 2. The van der Waals surface area contributed by atoms with Crippen LogP contribution < -0.4 is 0 Å². The van der Waals surface area contributed by atoms with Gasteiger partial charge in [-0.2, -0.15) is 0 Å². The van der Waals surface area contributed by atoms with Gasteiger partial charge in [-0.3, -0.25) is 0 Å². The summed E-state index contributed by atoms with van der Waals surface area (Å²) in [6, 6.07) is 0. The summed E-state index contributed by atoms with van der Waals surface area (Å²) in [7, 11) is 0. The predicted molar refractivity (Wildman–Crippen MR) is 84.7 cm³/mol. The van der Waals surface area contributed by atoms with Gasteiger partial charge in [0, 0.05) is 13.1 Å². The average molecular weight is 285 g/mol.